The van der Waals surface area contributed by atoms with Gasteiger partial charge in [-0.05, 0) is 37.6 Å². The highest BCUT2D eigenvalue weighted by molar-refractivity contribution is 7.15. The van der Waals surface area contributed by atoms with Crippen LogP contribution in [0, 0.1) is 0 Å². The van der Waals surface area contributed by atoms with Crippen molar-refractivity contribution in [1.82, 2.24) is 19.3 Å². The maximum Gasteiger partial charge on any atom is 0.346 e. The summed E-state index contributed by atoms with van der Waals surface area (Å²) >= 11 is 1.57. The molecule has 3 heterocycles. The van der Waals surface area contributed by atoms with Gasteiger partial charge in [-0.15, -0.1) is 11.3 Å². The van der Waals surface area contributed by atoms with Crippen molar-refractivity contribution in [2.45, 2.75) is 33.0 Å². The summed E-state index contributed by atoms with van der Waals surface area (Å²) in [6.45, 7) is 4.39. The van der Waals surface area contributed by atoms with Gasteiger partial charge >= 0.3 is 5.69 Å². The Labute approximate surface area is 165 Å². The van der Waals surface area contributed by atoms with E-state index < -0.39 is 0 Å². The standard InChI is InChI=1S/C19H22FN5O2S/c1-13(2)27-18-6-3-15(9-22-18)17-5-4-16(28-17)11-24-12-23-25(19(24)26)10-14(7-20)8-21/h3-7,9,12-13H,8,10-11,21H2,1-2H3/b14-7+. The van der Waals surface area contributed by atoms with E-state index >= 15 is 0 Å². The molecule has 0 saturated heterocycles. The highest BCUT2D eigenvalue weighted by Gasteiger charge is 2.10. The van der Waals surface area contributed by atoms with Crippen molar-refractivity contribution in [3.8, 4) is 16.3 Å². The van der Waals surface area contributed by atoms with Gasteiger partial charge in [0.2, 0.25) is 5.88 Å². The fourth-order valence-corrected chi connectivity index (χ4v) is 3.54. The van der Waals surface area contributed by atoms with Crippen LogP contribution >= 0.6 is 11.3 Å². The minimum atomic E-state index is -0.306. The average molecular weight is 403 g/mol. The SMILES string of the molecule is CC(C)Oc1ccc(-c2ccc(Cn3cnn(C/C(=C/F)CN)c3=O)s2)cn1. The fourth-order valence-electron chi connectivity index (χ4n) is 2.55. The second-order valence-electron chi connectivity index (χ2n) is 6.49. The van der Waals surface area contributed by atoms with Crippen LogP contribution in [-0.4, -0.2) is 32.0 Å². The molecule has 0 amide bonds. The number of hydrogen-bond donors (Lipinski definition) is 1. The van der Waals surface area contributed by atoms with Crippen molar-refractivity contribution in [2.75, 3.05) is 6.54 Å². The van der Waals surface area contributed by atoms with E-state index in [0.29, 0.717) is 24.3 Å². The summed E-state index contributed by atoms with van der Waals surface area (Å²) < 4.78 is 20.9. The van der Waals surface area contributed by atoms with Gasteiger partial charge in [0, 0.05) is 34.1 Å². The molecular weight excluding hydrogens is 381 g/mol. The van der Waals surface area contributed by atoms with E-state index in [4.69, 9.17) is 10.5 Å². The predicted molar refractivity (Wildman–Crippen MR) is 107 cm³/mol. The van der Waals surface area contributed by atoms with Gasteiger partial charge < -0.3 is 10.5 Å². The van der Waals surface area contributed by atoms with Crippen LogP contribution in [0.15, 0.2) is 53.5 Å². The zero-order chi connectivity index (χ0) is 20.1. The lowest BCUT2D eigenvalue weighted by Gasteiger charge is -2.08. The molecule has 9 heteroatoms. The van der Waals surface area contributed by atoms with Crippen LogP contribution < -0.4 is 16.2 Å². The Morgan fingerprint density at radius 3 is 2.82 bits per heavy atom. The first kappa shape index (κ1) is 20.0. The van der Waals surface area contributed by atoms with E-state index in [1.807, 2.05) is 38.1 Å². The van der Waals surface area contributed by atoms with Gasteiger partial charge in [0.25, 0.3) is 0 Å². The van der Waals surface area contributed by atoms with Gasteiger partial charge in [-0.3, -0.25) is 4.57 Å². The molecular formula is C19H22FN5O2S. The third-order valence-electron chi connectivity index (χ3n) is 3.93. The summed E-state index contributed by atoms with van der Waals surface area (Å²) in [6, 6.07) is 7.77. The van der Waals surface area contributed by atoms with Crippen molar-refractivity contribution in [1.29, 1.82) is 0 Å². The number of rotatable bonds is 8. The molecule has 0 aliphatic carbocycles. The van der Waals surface area contributed by atoms with E-state index in [0.717, 1.165) is 15.3 Å². The third-order valence-corrected chi connectivity index (χ3v) is 5.05. The lowest BCUT2D eigenvalue weighted by molar-refractivity contribution is 0.232. The quantitative estimate of drug-likeness (QED) is 0.625. The summed E-state index contributed by atoms with van der Waals surface area (Å²) in [5.41, 5.74) is 6.42. The van der Waals surface area contributed by atoms with Crippen LogP contribution in [0.4, 0.5) is 4.39 Å². The van der Waals surface area contributed by atoms with Crippen molar-refractivity contribution in [3.63, 3.8) is 0 Å². The lowest BCUT2D eigenvalue weighted by Crippen LogP contribution is -2.26. The van der Waals surface area contributed by atoms with Crippen LogP contribution in [0.5, 0.6) is 5.88 Å². The number of aromatic nitrogens is 4. The molecule has 0 saturated carbocycles. The van der Waals surface area contributed by atoms with Crippen LogP contribution in [-0.2, 0) is 13.1 Å². The third kappa shape index (κ3) is 4.73. The second kappa shape index (κ2) is 8.94. The molecule has 0 unspecified atom stereocenters. The Morgan fingerprint density at radius 1 is 1.36 bits per heavy atom. The van der Waals surface area contributed by atoms with E-state index in [1.165, 1.54) is 15.6 Å². The summed E-state index contributed by atoms with van der Waals surface area (Å²) in [5.74, 6) is 0.591. The van der Waals surface area contributed by atoms with Crippen LogP contribution in [0.2, 0.25) is 0 Å². The van der Waals surface area contributed by atoms with E-state index in [-0.39, 0.29) is 24.9 Å². The molecule has 0 radical (unpaired) electrons. The van der Waals surface area contributed by atoms with E-state index in [2.05, 4.69) is 10.1 Å². The van der Waals surface area contributed by atoms with Gasteiger partial charge in [0.15, 0.2) is 0 Å². The Morgan fingerprint density at radius 2 is 2.18 bits per heavy atom. The minimum absolute atomic E-state index is 0.0408. The molecule has 0 bridgehead atoms. The van der Waals surface area contributed by atoms with Crippen LogP contribution in [0.1, 0.15) is 18.7 Å². The fraction of sp³-hybridized carbons (Fsp3) is 0.316. The molecule has 0 atom stereocenters. The molecule has 2 N–H and O–H groups in total. The molecule has 0 aliphatic rings. The molecule has 7 nitrogen and oxygen atoms in total. The van der Waals surface area contributed by atoms with Gasteiger partial charge in [0.05, 0.1) is 25.5 Å². The summed E-state index contributed by atoms with van der Waals surface area (Å²) in [4.78, 5) is 18.8. The van der Waals surface area contributed by atoms with Crippen LogP contribution in [0.25, 0.3) is 10.4 Å². The highest BCUT2D eigenvalue weighted by Crippen LogP contribution is 2.28. The smallest absolute Gasteiger partial charge is 0.346 e. The van der Waals surface area contributed by atoms with E-state index in [1.54, 1.807) is 17.5 Å². The Bertz CT molecular complexity index is 1000. The van der Waals surface area contributed by atoms with Gasteiger partial charge in [-0.2, -0.15) is 5.10 Å². The predicted octanol–water partition coefficient (Wildman–Crippen LogP) is 2.82. The number of nitrogens with two attached hydrogens (primary N) is 1. The normalized spacial score (nSPS) is 12.0. The zero-order valence-electron chi connectivity index (χ0n) is 15.7. The van der Waals surface area contributed by atoms with Crippen molar-refractivity contribution >= 4 is 11.3 Å². The maximum atomic E-state index is 12.7. The molecule has 0 spiro atoms. The number of ether oxygens (including phenoxy) is 1. The van der Waals surface area contributed by atoms with Crippen molar-refractivity contribution in [2.24, 2.45) is 5.73 Å². The number of hydrogen-bond acceptors (Lipinski definition) is 6. The topological polar surface area (TPSA) is 88.0 Å². The first-order valence-corrected chi connectivity index (χ1v) is 9.64. The second-order valence-corrected chi connectivity index (χ2v) is 7.66. The molecule has 148 valence electrons. The Hall–Kier alpha value is -2.78. The lowest BCUT2D eigenvalue weighted by atomic mass is 10.2. The molecule has 3 aromatic rings. The highest BCUT2D eigenvalue weighted by atomic mass is 32.1. The first-order chi connectivity index (χ1) is 13.5. The van der Waals surface area contributed by atoms with Crippen molar-refractivity contribution < 1.29 is 9.13 Å². The van der Waals surface area contributed by atoms with Gasteiger partial charge in [-0.25, -0.2) is 18.9 Å². The Kier molecular flexibility index (Phi) is 6.37. The van der Waals surface area contributed by atoms with Gasteiger partial charge in [-0.1, -0.05) is 0 Å². The first-order valence-electron chi connectivity index (χ1n) is 8.82. The maximum absolute atomic E-state index is 12.7. The molecule has 0 fully saturated rings. The van der Waals surface area contributed by atoms with Gasteiger partial charge in [0.1, 0.15) is 6.33 Å². The minimum Gasteiger partial charge on any atom is -0.475 e. The zero-order valence-corrected chi connectivity index (χ0v) is 16.5. The van der Waals surface area contributed by atoms with Crippen LogP contribution in [0.3, 0.4) is 0 Å². The number of halogens is 1. The largest absolute Gasteiger partial charge is 0.475 e. The Balaban J connectivity index is 1.71. The van der Waals surface area contributed by atoms with Crippen molar-refractivity contribution in [3.05, 3.63) is 64.1 Å². The number of thiophene rings is 1. The molecule has 28 heavy (non-hydrogen) atoms. The summed E-state index contributed by atoms with van der Waals surface area (Å²) in [5, 5.41) is 4.03. The monoisotopic (exact) mass is 403 g/mol. The number of pyridine rings is 1. The molecule has 3 rings (SSSR count). The summed E-state index contributed by atoms with van der Waals surface area (Å²) in [7, 11) is 0. The number of nitrogens with zero attached hydrogens (tertiary/aromatic N) is 4. The molecule has 3 aromatic heterocycles. The molecule has 0 aromatic carbocycles. The summed E-state index contributed by atoms with van der Waals surface area (Å²) in [6.07, 6.45) is 3.72. The van der Waals surface area contributed by atoms with E-state index in [9.17, 15) is 9.18 Å². The molecule has 0 aliphatic heterocycles. The average Bonchev–Trinajstić information content (AvgIpc) is 3.28.